The van der Waals surface area contributed by atoms with Crippen molar-refractivity contribution >= 4 is 66.8 Å². The summed E-state index contributed by atoms with van der Waals surface area (Å²) < 4.78 is 13.6. The fraction of sp³-hybridized carbons (Fsp3) is 0. The van der Waals surface area contributed by atoms with Gasteiger partial charge in [0.2, 0.25) is 0 Å². The lowest BCUT2D eigenvalue weighted by molar-refractivity contribution is 0.487. The average molecular weight is 795 g/mol. The number of nitrogens with zero attached hydrogens (tertiary/aromatic N) is 2. The number of hydrogen-bond donors (Lipinski definition) is 0. The average Bonchev–Trinajstić information content (AvgIpc) is 3.73. The lowest BCUT2D eigenvalue weighted by Gasteiger charge is -2.32. The van der Waals surface area contributed by atoms with Gasteiger partial charge < -0.3 is 19.0 Å². The monoisotopic (exact) mass is 794 g/mol. The lowest BCUT2D eigenvalue weighted by Crippen LogP contribution is -2.13. The molecule has 292 valence electrons. The summed E-state index contributed by atoms with van der Waals surface area (Å²) in [5.41, 5.74) is 14.7. The topological polar surface area (TPSA) is 28.9 Å². The lowest BCUT2D eigenvalue weighted by atomic mass is 9.91. The maximum Gasteiger partial charge on any atom is 0.159 e. The summed E-state index contributed by atoms with van der Waals surface area (Å²) in [5.74, 6) is 1.65. The number of anilines is 6. The number of fused-ring (bicyclic) bond motifs is 5. The van der Waals surface area contributed by atoms with Gasteiger partial charge in [0, 0.05) is 44.2 Å². The highest BCUT2D eigenvalue weighted by molar-refractivity contribution is 6.15. The van der Waals surface area contributed by atoms with Crippen molar-refractivity contribution < 1.29 is 9.15 Å². The number of benzene rings is 10. The second kappa shape index (κ2) is 14.7. The van der Waals surface area contributed by atoms with E-state index in [2.05, 4.69) is 228 Å². The molecule has 0 unspecified atom stereocenters. The Kier molecular flexibility index (Phi) is 8.46. The van der Waals surface area contributed by atoms with E-state index < -0.39 is 0 Å². The van der Waals surface area contributed by atoms with Crippen molar-refractivity contribution in [2.75, 3.05) is 9.80 Å². The molecule has 0 fully saturated rings. The van der Waals surface area contributed by atoms with Crippen LogP contribution in [0.5, 0.6) is 11.5 Å². The van der Waals surface area contributed by atoms with E-state index in [4.69, 9.17) is 9.15 Å². The predicted octanol–water partition coefficient (Wildman–Crippen LogP) is 16.8. The number of hydrogen-bond acceptors (Lipinski definition) is 4. The molecule has 0 saturated heterocycles. The Morgan fingerprint density at radius 2 is 0.839 bits per heavy atom. The van der Waals surface area contributed by atoms with Crippen LogP contribution in [0.1, 0.15) is 0 Å². The molecule has 1 aliphatic heterocycles. The zero-order valence-corrected chi connectivity index (χ0v) is 33.7. The second-order valence-corrected chi connectivity index (χ2v) is 15.6. The summed E-state index contributed by atoms with van der Waals surface area (Å²) in [6, 6.07) is 81.3. The summed E-state index contributed by atoms with van der Waals surface area (Å²) in [4.78, 5) is 4.67. The number of furan rings is 1. The van der Waals surface area contributed by atoms with E-state index in [0.29, 0.717) is 0 Å². The smallest absolute Gasteiger partial charge is 0.159 e. The van der Waals surface area contributed by atoms with Gasteiger partial charge >= 0.3 is 0 Å². The molecule has 62 heavy (non-hydrogen) atoms. The van der Waals surface area contributed by atoms with Gasteiger partial charge in [0.15, 0.2) is 5.58 Å². The normalized spacial score (nSPS) is 11.7. The summed E-state index contributed by atoms with van der Waals surface area (Å²) in [6.07, 6.45) is 0. The number of para-hydroxylation sites is 4. The molecule has 4 nitrogen and oxygen atoms in total. The van der Waals surface area contributed by atoms with Crippen LogP contribution >= 0.6 is 0 Å². The first-order valence-electron chi connectivity index (χ1n) is 21.0. The van der Waals surface area contributed by atoms with Crippen molar-refractivity contribution in [2.24, 2.45) is 0 Å². The van der Waals surface area contributed by atoms with Gasteiger partial charge in [-0.05, 0) is 101 Å². The molecule has 1 aromatic heterocycles. The van der Waals surface area contributed by atoms with Gasteiger partial charge in [-0.15, -0.1) is 0 Å². The largest absolute Gasteiger partial charge is 0.456 e. The molecule has 0 spiro atoms. The predicted molar refractivity (Wildman–Crippen MR) is 257 cm³/mol. The van der Waals surface area contributed by atoms with Crippen LogP contribution in [0.15, 0.2) is 235 Å². The Balaban J connectivity index is 1.04. The van der Waals surface area contributed by atoms with Crippen molar-refractivity contribution in [3.05, 3.63) is 231 Å². The van der Waals surface area contributed by atoms with Crippen LogP contribution in [0.4, 0.5) is 34.1 Å². The van der Waals surface area contributed by atoms with E-state index in [-0.39, 0.29) is 0 Å². The van der Waals surface area contributed by atoms with Crippen molar-refractivity contribution in [3.8, 4) is 44.9 Å². The standard InChI is InChI=1S/C58H38N2O2/c1-4-15-39(16-5-1)40-29-31-41(32-30-40)42-33-35-45(36-34-42)60(52-26-13-22-47-46-21-10-11-27-53(46)62-58(47)52)50-37-38-55-56-48(50)23-12-24-49(56)57-51(25-14-28-54(57)61-55)59(43-17-6-2-7-18-43)44-19-8-3-9-20-44/h1-38H. The van der Waals surface area contributed by atoms with Gasteiger partial charge in [-0.2, -0.15) is 0 Å². The molecule has 2 heterocycles. The first-order chi connectivity index (χ1) is 30.8. The van der Waals surface area contributed by atoms with Gasteiger partial charge in [0.05, 0.1) is 17.1 Å². The van der Waals surface area contributed by atoms with Gasteiger partial charge in [-0.3, -0.25) is 0 Å². The minimum absolute atomic E-state index is 0.823. The first kappa shape index (κ1) is 35.6. The van der Waals surface area contributed by atoms with Crippen LogP contribution in [0.2, 0.25) is 0 Å². The van der Waals surface area contributed by atoms with Gasteiger partial charge in [-0.25, -0.2) is 0 Å². The number of ether oxygens (including phenoxy) is 1. The van der Waals surface area contributed by atoms with Crippen LogP contribution in [0.3, 0.4) is 0 Å². The van der Waals surface area contributed by atoms with E-state index in [0.717, 1.165) is 101 Å². The summed E-state index contributed by atoms with van der Waals surface area (Å²) in [6.45, 7) is 0. The third kappa shape index (κ3) is 5.92. The number of rotatable bonds is 8. The molecule has 1 aliphatic rings. The molecule has 0 saturated carbocycles. The van der Waals surface area contributed by atoms with E-state index in [1.165, 1.54) is 11.1 Å². The molecular formula is C58H38N2O2. The van der Waals surface area contributed by atoms with Crippen molar-refractivity contribution in [2.45, 2.75) is 0 Å². The summed E-state index contributed by atoms with van der Waals surface area (Å²) >= 11 is 0. The van der Waals surface area contributed by atoms with E-state index in [9.17, 15) is 0 Å². The van der Waals surface area contributed by atoms with Gasteiger partial charge in [0.25, 0.3) is 0 Å². The highest BCUT2D eigenvalue weighted by Gasteiger charge is 2.29. The zero-order chi connectivity index (χ0) is 41.0. The molecule has 0 bridgehead atoms. The van der Waals surface area contributed by atoms with Crippen LogP contribution in [0.25, 0.3) is 66.1 Å². The Hall–Kier alpha value is -8.34. The molecule has 4 heteroatoms. The summed E-state index contributed by atoms with van der Waals surface area (Å²) in [5, 5.41) is 4.29. The Labute approximate surface area is 359 Å². The highest BCUT2D eigenvalue weighted by atomic mass is 16.5. The second-order valence-electron chi connectivity index (χ2n) is 15.6. The quantitative estimate of drug-likeness (QED) is 0.153. The van der Waals surface area contributed by atoms with Crippen LogP contribution in [-0.4, -0.2) is 0 Å². The Bertz CT molecular complexity index is 3380. The molecule has 0 radical (unpaired) electrons. The molecule has 12 rings (SSSR count). The van der Waals surface area contributed by atoms with E-state index >= 15 is 0 Å². The molecular weight excluding hydrogens is 757 g/mol. The maximum absolute atomic E-state index is 6.91. The fourth-order valence-corrected chi connectivity index (χ4v) is 9.21. The van der Waals surface area contributed by atoms with Crippen molar-refractivity contribution in [1.29, 1.82) is 0 Å². The Morgan fingerprint density at radius 1 is 0.306 bits per heavy atom. The van der Waals surface area contributed by atoms with Crippen molar-refractivity contribution in [1.82, 2.24) is 0 Å². The van der Waals surface area contributed by atoms with Gasteiger partial charge in [0.1, 0.15) is 17.1 Å². The Morgan fingerprint density at radius 3 is 1.55 bits per heavy atom. The molecule has 11 aromatic rings. The fourth-order valence-electron chi connectivity index (χ4n) is 9.21. The maximum atomic E-state index is 6.91. The van der Waals surface area contributed by atoms with Crippen LogP contribution in [0, 0.1) is 0 Å². The summed E-state index contributed by atoms with van der Waals surface area (Å²) in [7, 11) is 0. The van der Waals surface area contributed by atoms with E-state index in [1.54, 1.807) is 0 Å². The first-order valence-corrected chi connectivity index (χ1v) is 21.0. The minimum Gasteiger partial charge on any atom is -0.456 e. The third-order valence-corrected chi connectivity index (χ3v) is 12.1. The molecule has 0 N–H and O–H groups in total. The molecule has 0 amide bonds. The van der Waals surface area contributed by atoms with Gasteiger partial charge in [-0.1, -0.05) is 158 Å². The van der Waals surface area contributed by atoms with Crippen molar-refractivity contribution in [3.63, 3.8) is 0 Å². The highest BCUT2D eigenvalue weighted by Crippen LogP contribution is 2.55. The van der Waals surface area contributed by atoms with Crippen LogP contribution in [-0.2, 0) is 0 Å². The minimum atomic E-state index is 0.823. The molecule has 0 aliphatic carbocycles. The van der Waals surface area contributed by atoms with E-state index in [1.807, 2.05) is 12.1 Å². The van der Waals surface area contributed by atoms with Crippen LogP contribution < -0.4 is 14.5 Å². The molecule has 10 aromatic carbocycles. The SMILES string of the molecule is c1ccc(-c2ccc(-c3ccc(N(c4ccc5c6c(cccc46)-c4c(cccc4N(c4ccccc4)c4ccccc4)O5)c4cccc5c4oc4ccccc45)cc3)cc2)cc1. The third-order valence-electron chi connectivity index (χ3n) is 12.1. The molecule has 0 atom stereocenters. The zero-order valence-electron chi connectivity index (χ0n) is 33.7.